The average Bonchev–Trinajstić information content (AvgIpc) is 2.27. The molecule has 1 atom stereocenters. The Bertz CT molecular complexity index is 425. The second kappa shape index (κ2) is 4.04. The maximum absolute atomic E-state index is 11.8. The summed E-state index contributed by atoms with van der Waals surface area (Å²) in [7, 11) is 3.09. The first-order chi connectivity index (χ1) is 7.67. The van der Waals surface area contributed by atoms with E-state index in [0.29, 0.717) is 29.2 Å². The van der Waals surface area contributed by atoms with E-state index in [1.54, 1.807) is 19.2 Å². The van der Waals surface area contributed by atoms with E-state index in [1.807, 2.05) is 6.92 Å². The summed E-state index contributed by atoms with van der Waals surface area (Å²) in [5, 5.41) is 0. The third-order valence-corrected chi connectivity index (χ3v) is 2.59. The normalized spacial score (nSPS) is 18.7. The van der Waals surface area contributed by atoms with Crippen LogP contribution in [0.1, 0.15) is 23.7 Å². The van der Waals surface area contributed by atoms with Gasteiger partial charge in [-0.3, -0.25) is 4.79 Å². The number of rotatable bonds is 2. The Morgan fingerprint density at radius 3 is 2.69 bits per heavy atom. The first-order valence-electron chi connectivity index (χ1n) is 5.12. The van der Waals surface area contributed by atoms with Gasteiger partial charge in [0.1, 0.15) is 6.10 Å². The Morgan fingerprint density at radius 1 is 1.31 bits per heavy atom. The summed E-state index contributed by atoms with van der Waals surface area (Å²) >= 11 is 0. The van der Waals surface area contributed by atoms with Gasteiger partial charge in [0.15, 0.2) is 17.3 Å². The minimum atomic E-state index is -0.124. The summed E-state index contributed by atoms with van der Waals surface area (Å²) in [6.07, 6.45) is 0.281. The van der Waals surface area contributed by atoms with Crippen LogP contribution >= 0.6 is 0 Å². The van der Waals surface area contributed by atoms with Gasteiger partial charge in [-0.05, 0) is 19.1 Å². The van der Waals surface area contributed by atoms with Gasteiger partial charge < -0.3 is 14.2 Å². The molecular formula is C12H14O4. The molecule has 2 rings (SSSR count). The highest BCUT2D eigenvalue weighted by atomic mass is 16.5. The zero-order valence-electron chi connectivity index (χ0n) is 9.57. The molecule has 1 heterocycles. The molecule has 1 unspecified atom stereocenters. The first-order valence-corrected chi connectivity index (χ1v) is 5.12. The van der Waals surface area contributed by atoms with Crippen molar-refractivity contribution in [2.75, 3.05) is 14.2 Å². The minimum absolute atomic E-state index is 0.0784. The number of Topliss-reactive ketones (excluding diaryl/α,β-unsaturated/α-hetero) is 1. The molecular weight excluding hydrogens is 208 g/mol. The molecule has 0 N–H and O–H groups in total. The molecule has 4 heteroatoms. The lowest BCUT2D eigenvalue weighted by molar-refractivity contribution is 0.0863. The van der Waals surface area contributed by atoms with Gasteiger partial charge in [0.05, 0.1) is 19.8 Å². The molecule has 16 heavy (non-hydrogen) atoms. The van der Waals surface area contributed by atoms with Crippen LogP contribution in [0.25, 0.3) is 0 Å². The predicted molar refractivity (Wildman–Crippen MR) is 58.6 cm³/mol. The van der Waals surface area contributed by atoms with Gasteiger partial charge in [0.25, 0.3) is 0 Å². The SMILES string of the molecule is COc1ccc2c(c1OC)OC(C)CC2=O. The van der Waals surface area contributed by atoms with Gasteiger partial charge in [-0.2, -0.15) is 0 Å². The maximum Gasteiger partial charge on any atom is 0.204 e. The molecule has 0 radical (unpaired) electrons. The van der Waals surface area contributed by atoms with E-state index >= 15 is 0 Å². The summed E-state index contributed by atoms with van der Waals surface area (Å²) in [5.74, 6) is 1.63. The standard InChI is InChI=1S/C12H14O4/c1-7-6-9(13)8-4-5-10(14-2)12(15-3)11(8)16-7/h4-5,7H,6H2,1-3H3. The third-order valence-electron chi connectivity index (χ3n) is 2.59. The zero-order chi connectivity index (χ0) is 11.7. The van der Waals surface area contributed by atoms with E-state index in [-0.39, 0.29) is 11.9 Å². The van der Waals surface area contributed by atoms with E-state index in [2.05, 4.69) is 0 Å². The fraction of sp³-hybridized carbons (Fsp3) is 0.417. The Morgan fingerprint density at radius 2 is 2.06 bits per heavy atom. The Hall–Kier alpha value is -1.71. The second-order valence-electron chi connectivity index (χ2n) is 3.73. The molecule has 0 spiro atoms. The number of hydrogen-bond donors (Lipinski definition) is 0. The average molecular weight is 222 g/mol. The summed E-state index contributed by atoms with van der Waals surface area (Å²) < 4.78 is 16.0. The predicted octanol–water partition coefficient (Wildman–Crippen LogP) is 2.06. The van der Waals surface area contributed by atoms with Crippen molar-refractivity contribution in [1.82, 2.24) is 0 Å². The molecule has 1 aromatic carbocycles. The fourth-order valence-electron chi connectivity index (χ4n) is 1.85. The zero-order valence-corrected chi connectivity index (χ0v) is 9.57. The van der Waals surface area contributed by atoms with E-state index < -0.39 is 0 Å². The monoisotopic (exact) mass is 222 g/mol. The van der Waals surface area contributed by atoms with Crippen LogP contribution in [0.2, 0.25) is 0 Å². The molecule has 0 saturated carbocycles. The Balaban J connectivity index is 2.58. The van der Waals surface area contributed by atoms with Crippen LogP contribution in [0.15, 0.2) is 12.1 Å². The van der Waals surface area contributed by atoms with E-state index in [4.69, 9.17) is 14.2 Å². The smallest absolute Gasteiger partial charge is 0.204 e. The summed E-state index contributed by atoms with van der Waals surface area (Å²) in [6, 6.07) is 3.43. The van der Waals surface area contributed by atoms with Crippen LogP contribution in [0, 0.1) is 0 Å². The van der Waals surface area contributed by atoms with Crippen molar-refractivity contribution in [1.29, 1.82) is 0 Å². The molecule has 4 nitrogen and oxygen atoms in total. The van der Waals surface area contributed by atoms with Crippen LogP contribution in [0.4, 0.5) is 0 Å². The molecule has 1 aliphatic rings. The lowest BCUT2D eigenvalue weighted by Crippen LogP contribution is -2.24. The molecule has 0 aliphatic carbocycles. The Kier molecular flexibility index (Phi) is 2.73. The minimum Gasteiger partial charge on any atom is -0.493 e. The van der Waals surface area contributed by atoms with E-state index in [9.17, 15) is 4.79 Å². The fourth-order valence-corrected chi connectivity index (χ4v) is 1.85. The number of carbonyl (C=O) groups is 1. The molecule has 0 fully saturated rings. The van der Waals surface area contributed by atoms with Crippen molar-refractivity contribution in [3.63, 3.8) is 0 Å². The summed E-state index contributed by atoms with van der Waals surface area (Å²) in [4.78, 5) is 11.8. The van der Waals surface area contributed by atoms with Crippen molar-refractivity contribution in [3.8, 4) is 17.2 Å². The maximum atomic E-state index is 11.8. The summed E-state index contributed by atoms with van der Waals surface area (Å²) in [6.45, 7) is 1.86. The van der Waals surface area contributed by atoms with Crippen LogP contribution in [-0.4, -0.2) is 26.1 Å². The molecule has 0 saturated heterocycles. The number of methoxy groups -OCH3 is 2. The van der Waals surface area contributed by atoms with Gasteiger partial charge in [0.2, 0.25) is 5.75 Å². The van der Waals surface area contributed by atoms with Crippen LogP contribution in [0.3, 0.4) is 0 Å². The highest BCUT2D eigenvalue weighted by Gasteiger charge is 2.28. The van der Waals surface area contributed by atoms with Gasteiger partial charge in [-0.1, -0.05) is 0 Å². The molecule has 1 aliphatic heterocycles. The Labute approximate surface area is 94.1 Å². The van der Waals surface area contributed by atoms with Crippen molar-refractivity contribution >= 4 is 5.78 Å². The number of ketones is 1. The van der Waals surface area contributed by atoms with Crippen molar-refractivity contribution in [2.24, 2.45) is 0 Å². The van der Waals surface area contributed by atoms with Crippen molar-refractivity contribution in [2.45, 2.75) is 19.4 Å². The van der Waals surface area contributed by atoms with Gasteiger partial charge in [-0.15, -0.1) is 0 Å². The molecule has 0 amide bonds. The van der Waals surface area contributed by atoms with Gasteiger partial charge in [0, 0.05) is 6.42 Å². The molecule has 86 valence electrons. The highest BCUT2D eigenvalue weighted by Crippen LogP contribution is 2.42. The van der Waals surface area contributed by atoms with Crippen molar-refractivity contribution < 1.29 is 19.0 Å². The molecule has 0 bridgehead atoms. The van der Waals surface area contributed by atoms with Gasteiger partial charge in [-0.25, -0.2) is 0 Å². The number of hydrogen-bond acceptors (Lipinski definition) is 4. The van der Waals surface area contributed by atoms with Gasteiger partial charge >= 0.3 is 0 Å². The van der Waals surface area contributed by atoms with Crippen molar-refractivity contribution in [3.05, 3.63) is 17.7 Å². The highest BCUT2D eigenvalue weighted by molar-refractivity contribution is 6.01. The van der Waals surface area contributed by atoms with E-state index in [1.165, 1.54) is 7.11 Å². The largest absolute Gasteiger partial charge is 0.493 e. The lowest BCUT2D eigenvalue weighted by atomic mass is 10.0. The van der Waals surface area contributed by atoms with E-state index in [0.717, 1.165) is 0 Å². The topological polar surface area (TPSA) is 44.8 Å². The third kappa shape index (κ3) is 1.60. The number of benzene rings is 1. The van der Waals surface area contributed by atoms with Crippen LogP contribution < -0.4 is 14.2 Å². The number of carbonyl (C=O) groups excluding carboxylic acids is 1. The first kappa shape index (κ1) is 10.8. The number of ether oxygens (including phenoxy) is 3. The second-order valence-corrected chi connectivity index (χ2v) is 3.73. The number of fused-ring (bicyclic) bond motifs is 1. The van der Waals surface area contributed by atoms with Crippen LogP contribution in [-0.2, 0) is 0 Å². The lowest BCUT2D eigenvalue weighted by Gasteiger charge is -2.24. The molecule has 0 aromatic heterocycles. The summed E-state index contributed by atoms with van der Waals surface area (Å²) in [5.41, 5.74) is 0.566. The van der Waals surface area contributed by atoms with Crippen LogP contribution in [0.5, 0.6) is 17.2 Å². The quantitative estimate of drug-likeness (QED) is 0.768. The molecule has 1 aromatic rings.